The van der Waals surface area contributed by atoms with Gasteiger partial charge >= 0.3 is 0 Å². The Bertz CT molecular complexity index is 2240. The summed E-state index contributed by atoms with van der Waals surface area (Å²) in [5, 5.41) is 8.87. The maximum atomic E-state index is 13.6. The smallest absolute Gasteiger partial charge is 0.269 e. The number of hydrogen-bond acceptors (Lipinski definition) is 10. The van der Waals surface area contributed by atoms with E-state index in [9.17, 15) is 8.42 Å². The molecule has 0 bridgehead atoms. The van der Waals surface area contributed by atoms with E-state index < -0.39 is 10.0 Å². The summed E-state index contributed by atoms with van der Waals surface area (Å²) >= 11 is 0. The van der Waals surface area contributed by atoms with Crippen molar-refractivity contribution in [3.8, 4) is 11.5 Å². The van der Waals surface area contributed by atoms with Gasteiger partial charge in [0.05, 0.1) is 42.1 Å². The van der Waals surface area contributed by atoms with Crippen LogP contribution in [0.3, 0.4) is 0 Å². The average molecular weight is 671 g/mol. The van der Waals surface area contributed by atoms with Gasteiger partial charge in [-0.2, -0.15) is 10.1 Å². The van der Waals surface area contributed by atoms with Crippen molar-refractivity contribution in [2.75, 3.05) is 25.6 Å². The first kappa shape index (κ1) is 31.8. The molecule has 0 aliphatic carbocycles. The van der Waals surface area contributed by atoms with Crippen molar-refractivity contribution in [2.24, 2.45) is 7.05 Å². The van der Waals surface area contributed by atoms with Crippen molar-refractivity contribution in [1.82, 2.24) is 33.3 Å². The number of nitrogens with zero attached hydrogens (tertiary/aromatic N) is 7. The molecule has 1 saturated heterocycles. The molecule has 1 aliphatic rings. The summed E-state index contributed by atoms with van der Waals surface area (Å²) in [6.45, 7) is 10.0. The highest BCUT2D eigenvalue weighted by Gasteiger charge is 2.28. The van der Waals surface area contributed by atoms with E-state index in [2.05, 4.69) is 46.8 Å². The third-order valence-corrected chi connectivity index (χ3v) is 10.2. The third kappa shape index (κ3) is 5.80. The van der Waals surface area contributed by atoms with E-state index in [1.165, 1.54) is 10.2 Å². The van der Waals surface area contributed by atoms with Crippen LogP contribution in [0.4, 0.5) is 11.8 Å². The van der Waals surface area contributed by atoms with Gasteiger partial charge in [-0.25, -0.2) is 22.4 Å². The number of imidazole rings is 1. The molecular weight excluding hydrogens is 632 g/mol. The minimum atomic E-state index is -3.89. The molecular formula is C34H38N8O5S. The number of pyridine rings is 2. The second kappa shape index (κ2) is 12.0. The van der Waals surface area contributed by atoms with Crippen molar-refractivity contribution in [1.29, 1.82) is 0 Å². The van der Waals surface area contributed by atoms with E-state index in [4.69, 9.17) is 24.3 Å². The molecule has 1 unspecified atom stereocenters. The van der Waals surface area contributed by atoms with Crippen LogP contribution in [0.1, 0.15) is 50.1 Å². The van der Waals surface area contributed by atoms with Crippen LogP contribution in [0, 0.1) is 6.92 Å². The summed E-state index contributed by atoms with van der Waals surface area (Å²) in [5.74, 6) is 2.18. The van der Waals surface area contributed by atoms with E-state index in [-0.39, 0.29) is 28.6 Å². The van der Waals surface area contributed by atoms with E-state index in [0.29, 0.717) is 46.5 Å². The molecule has 7 rings (SSSR count). The van der Waals surface area contributed by atoms with Gasteiger partial charge in [0.25, 0.3) is 10.0 Å². The van der Waals surface area contributed by atoms with E-state index >= 15 is 0 Å². The van der Waals surface area contributed by atoms with Gasteiger partial charge in [0.15, 0.2) is 17.1 Å². The predicted octanol–water partition coefficient (Wildman–Crippen LogP) is 6.00. The van der Waals surface area contributed by atoms with Crippen molar-refractivity contribution in [2.45, 2.75) is 57.1 Å². The Kier molecular flexibility index (Phi) is 7.96. The monoisotopic (exact) mass is 670 g/mol. The lowest BCUT2D eigenvalue weighted by Gasteiger charge is -2.22. The number of aryl methyl sites for hydroxylation is 2. The van der Waals surface area contributed by atoms with Crippen molar-refractivity contribution >= 4 is 44.0 Å². The van der Waals surface area contributed by atoms with Crippen LogP contribution in [0.25, 0.3) is 22.2 Å². The first-order chi connectivity index (χ1) is 22.9. The van der Waals surface area contributed by atoms with Crippen LogP contribution < -0.4 is 10.1 Å². The number of hydrogen-bond donors (Lipinski definition) is 1. The van der Waals surface area contributed by atoms with Gasteiger partial charge in [-0.3, -0.25) is 4.68 Å². The number of rotatable bonds is 9. The number of benzene rings is 1. The predicted molar refractivity (Wildman–Crippen MR) is 181 cm³/mol. The number of fused-ring (bicyclic) bond motifs is 2. The van der Waals surface area contributed by atoms with Gasteiger partial charge in [-0.05, 0) is 31.5 Å². The maximum absolute atomic E-state index is 13.6. The van der Waals surface area contributed by atoms with Crippen LogP contribution in [0.15, 0.2) is 66.0 Å². The topological polar surface area (TPSA) is 140 Å². The Morgan fingerprint density at radius 2 is 1.81 bits per heavy atom. The molecule has 1 atom stereocenters. The van der Waals surface area contributed by atoms with Crippen LogP contribution in [-0.4, -0.2) is 62.0 Å². The lowest BCUT2D eigenvalue weighted by Crippen LogP contribution is -2.22. The lowest BCUT2D eigenvalue weighted by molar-refractivity contribution is 0.183. The second-order valence-electron chi connectivity index (χ2n) is 13.1. The molecule has 0 saturated carbocycles. The Morgan fingerprint density at radius 3 is 2.52 bits per heavy atom. The van der Waals surface area contributed by atoms with Gasteiger partial charge < -0.3 is 24.1 Å². The molecule has 48 heavy (non-hydrogen) atoms. The maximum Gasteiger partial charge on any atom is 0.269 e. The van der Waals surface area contributed by atoms with Crippen molar-refractivity contribution in [3.05, 3.63) is 77.9 Å². The first-order valence-corrected chi connectivity index (χ1v) is 17.1. The highest BCUT2D eigenvalue weighted by molar-refractivity contribution is 7.90. The van der Waals surface area contributed by atoms with Crippen LogP contribution in [0.2, 0.25) is 0 Å². The Morgan fingerprint density at radius 1 is 1.06 bits per heavy atom. The molecule has 0 radical (unpaired) electrons. The zero-order chi connectivity index (χ0) is 33.8. The molecule has 5 aromatic heterocycles. The average Bonchev–Trinajstić information content (AvgIpc) is 3.85. The minimum absolute atomic E-state index is 0.101. The quantitative estimate of drug-likeness (QED) is 0.195. The molecule has 1 aromatic carbocycles. The second-order valence-corrected chi connectivity index (χ2v) is 14.9. The zero-order valence-electron chi connectivity index (χ0n) is 27.8. The highest BCUT2D eigenvalue weighted by Crippen LogP contribution is 2.33. The first-order valence-electron chi connectivity index (χ1n) is 15.7. The summed E-state index contributed by atoms with van der Waals surface area (Å²) in [4.78, 5) is 13.9. The number of ether oxygens (including phenoxy) is 3. The van der Waals surface area contributed by atoms with Crippen LogP contribution >= 0.6 is 0 Å². The standard InChI is InChI=1S/C34H38N8O5S/c1-21-7-9-26(10-8-21)48(43,44)41-18-22(19-45-6)27-13-24(17-36-32(27)41)47-25-14-28-31(35-16-25)38-33(40(28)5)37-30-15-29(34(2,3)4)42(39-30)23-11-12-46-20-23/h7-10,13-18,23H,11-12,19-20H2,1-6H3,(H,35,37,38,39). The molecule has 6 heterocycles. The molecule has 13 nitrogen and oxygen atoms in total. The van der Waals surface area contributed by atoms with Gasteiger partial charge in [-0.1, -0.05) is 38.5 Å². The zero-order valence-corrected chi connectivity index (χ0v) is 28.6. The summed E-state index contributed by atoms with van der Waals surface area (Å²) in [7, 11) is -0.434. The van der Waals surface area contributed by atoms with Crippen molar-refractivity contribution in [3.63, 3.8) is 0 Å². The number of methoxy groups -OCH3 is 1. The fraction of sp³-hybridized carbons (Fsp3) is 0.353. The molecule has 250 valence electrons. The van der Waals surface area contributed by atoms with E-state index in [1.54, 1.807) is 49.8 Å². The summed E-state index contributed by atoms with van der Waals surface area (Å²) in [6.07, 6.45) is 5.57. The lowest BCUT2D eigenvalue weighted by atomic mass is 9.91. The van der Waals surface area contributed by atoms with Gasteiger partial charge in [-0.15, -0.1) is 0 Å². The third-order valence-electron chi connectivity index (χ3n) is 8.49. The van der Waals surface area contributed by atoms with E-state index in [0.717, 1.165) is 29.8 Å². The largest absolute Gasteiger partial charge is 0.454 e. The highest BCUT2D eigenvalue weighted by atomic mass is 32.2. The van der Waals surface area contributed by atoms with Crippen LogP contribution in [0.5, 0.6) is 11.5 Å². The Hall–Kier alpha value is -4.79. The van der Waals surface area contributed by atoms with Crippen LogP contribution in [-0.2, 0) is 38.6 Å². The molecule has 1 aliphatic heterocycles. The Balaban J connectivity index is 1.17. The normalized spacial score (nSPS) is 15.5. The van der Waals surface area contributed by atoms with Crippen molar-refractivity contribution < 1.29 is 22.6 Å². The molecule has 14 heteroatoms. The van der Waals surface area contributed by atoms with Gasteiger partial charge in [0.2, 0.25) is 5.95 Å². The fourth-order valence-corrected chi connectivity index (χ4v) is 7.28. The molecule has 0 spiro atoms. The number of nitrogens with one attached hydrogen (secondary N) is 1. The van der Waals surface area contributed by atoms with Gasteiger partial charge in [0, 0.05) is 61.2 Å². The summed E-state index contributed by atoms with van der Waals surface area (Å²) in [6, 6.07) is 12.6. The summed E-state index contributed by atoms with van der Waals surface area (Å²) < 4.78 is 49.5. The molecule has 1 N–H and O–H groups in total. The Labute approximate surface area is 278 Å². The molecule has 1 fully saturated rings. The van der Waals surface area contributed by atoms with Gasteiger partial charge in [0.1, 0.15) is 11.5 Å². The minimum Gasteiger partial charge on any atom is -0.454 e. The fourth-order valence-electron chi connectivity index (χ4n) is 5.93. The number of aromatic nitrogens is 7. The SMILES string of the molecule is COCc1cn(S(=O)(=O)c2ccc(C)cc2)c2ncc(Oc3cnc4nc(Nc5cc(C(C)(C)C)n(C6CCOC6)n5)n(C)c4c3)cc12. The molecule has 6 aromatic rings. The van der Waals surface area contributed by atoms with E-state index in [1.807, 2.05) is 24.6 Å². The number of anilines is 2. The summed E-state index contributed by atoms with van der Waals surface area (Å²) in [5.41, 5.74) is 4.22. The molecule has 0 amide bonds.